The lowest BCUT2D eigenvalue weighted by Crippen LogP contribution is -2.39. The van der Waals surface area contributed by atoms with Gasteiger partial charge in [0.05, 0.1) is 0 Å². The molecule has 0 radical (unpaired) electrons. The van der Waals surface area contributed by atoms with Crippen molar-refractivity contribution >= 4 is 5.91 Å². The Balaban J connectivity index is 1.50. The summed E-state index contributed by atoms with van der Waals surface area (Å²) >= 11 is 0. The van der Waals surface area contributed by atoms with E-state index in [4.69, 9.17) is 4.52 Å². The van der Waals surface area contributed by atoms with Crippen molar-refractivity contribution in [1.82, 2.24) is 29.8 Å². The third-order valence-corrected chi connectivity index (χ3v) is 4.24. The van der Waals surface area contributed by atoms with Crippen LogP contribution >= 0.6 is 0 Å². The number of aromatic nitrogens is 5. The summed E-state index contributed by atoms with van der Waals surface area (Å²) in [6.07, 6.45) is 5.65. The monoisotopic (exact) mass is 318 g/mol. The molecule has 124 valence electrons. The SMILES string of the molecule is Cc1noc(CCCC(=O)N2CCC[C@@H](c3nncn3C)C2)n1. The fourth-order valence-corrected chi connectivity index (χ4v) is 3.07. The number of aryl methyl sites for hydroxylation is 3. The van der Waals surface area contributed by atoms with Crippen LogP contribution in [0.3, 0.4) is 0 Å². The van der Waals surface area contributed by atoms with Crippen LogP contribution in [0.1, 0.15) is 49.1 Å². The van der Waals surface area contributed by atoms with Gasteiger partial charge in [-0.05, 0) is 26.2 Å². The molecule has 1 fully saturated rings. The summed E-state index contributed by atoms with van der Waals surface area (Å²) in [5.41, 5.74) is 0. The minimum Gasteiger partial charge on any atom is -0.342 e. The second-order valence-electron chi connectivity index (χ2n) is 6.07. The number of hydrogen-bond donors (Lipinski definition) is 0. The molecule has 0 unspecified atom stereocenters. The number of likely N-dealkylation sites (tertiary alicyclic amines) is 1. The highest BCUT2D eigenvalue weighted by Crippen LogP contribution is 2.25. The summed E-state index contributed by atoms with van der Waals surface area (Å²) in [6, 6.07) is 0. The fourth-order valence-electron chi connectivity index (χ4n) is 3.07. The Morgan fingerprint density at radius 3 is 3.04 bits per heavy atom. The Bertz CT molecular complexity index is 664. The number of nitrogens with zero attached hydrogens (tertiary/aromatic N) is 6. The van der Waals surface area contributed by atoms with Crippen molar-refractivity contribution in [3.8, 4) is 0 Å². The van der Waals surface area contributed by atoms with E-state index >= 15 is 0 Å². The van der Waals surface area contributed by atoms with Crippen LogP contribution in [0, 0.1) is 6.92 Å². The van der Waals surface area contributed by atoms with Gasteiger partial charge in [-0.1, -0.05) is 5.16 Å². The molecule has 2 aromatic heterocycles. The number of piperidine rings is 1. The molecular formula is C15H22N6O2. The quantitative estimate of drug-likeness (QED) is 0.824. The van der Waals surface area contributed by atoms with E-state index in [2.05, 4.69) is 20.3 Å². The molecule has 8 heteroatoms. The molecule has 2 aromatic rings. The molecule has 0 bridgehead atoms. The summed E-state index contributed by atoms with van der Waals surface area (Å²) in [6.45, 7) is 3.34. The highest BCUT2D eigenvalue weighted by molar-refractivity contribution is 5.76. The van der Waals surface area contributed by atoms with Gasteiger partial charge in [-0.2, -0.15) is 4.98 Å². The second kappa shape index (κ2) is 6.89. The van der Waals surface area contributed by atoms with Crippen molar-refractivity contribution in [3.05, 3.63) is 23.9 Å². The number of carbonyl (C=O) groups excluding carboxylic acids is 1. The Labute approximate surface area is 134 Å². The maximum Gasteiger partial charge on any atom is 0.226 e. The molecule has 0 N–H and O–H groups in total. The molecule has 1 aliphatic heterocycles. The first-order chi connectivity index (χ1) is 11.1. The zero-order valence-electron chi connectivity index (χ0n) is 13.6. The van der Waals surface area contributed by atoms with Crippen LogP contribution in [0.2, 0.25) is 0 Å². The smallest absolute Gasteiger partial charge is 0.226 e. The average molecular weight is 318 g/mol. The van der Waals surface area contributed by atoms with Gasteiger partial charge in [-0.3, -0.25) is 4.79 Å². The summed E-state index contributed by atoms with van der Waals surface area (Å²) in [5, 5.41) is 11.9. The first-order valence-corrected chi connectivity index (χ1v) is 8.04. The molecule has 0 spiro atoms. The van der Waals surface area contributed by atoms with Crippen LogP contribution < -0.4 is 0 Å². The first kappa shape index (κ1) is 15.6. The van der Waals surface area contributed by atoms with Crippen molar-refractivity contribution in [1.29, 1.82) is 0 Å². The van der Waals surface area contributed by atoms with Crippen LogP contribution in [0.4, 0.5) is 0 Å². The van der Waals surface area contributed by atoms with Crippen LogP contribution in [-0.2, 0) is 18.3 Å². The van der Waals surface area contributed by atoms with Crippen molar-refractivity contribution in [3.63, 3.8) is 0 Å². The molecule has 1 amide bonds. The molecule has 0 aliphatic carbocycles. The Morgan fingerprint density at radius 1 is 1.48 bits per heavy atom. The van der Waals surface area contributed by atoms with E-state index in [0.29, 0.717) is 24.6 Å². The second-order valence-corrected chi connectivity index (χ2v) is 6.07. The van der Waals surface area contributed by atoms with Gasteiger partial charge in [0.25, 0.3) is 0 Å². The van der Waals surface area contributed by atoms with Crippen LogP contribution in [-0.4, -0.2) is 48.8 Å². The molecule has 0 aromatic carbocycles. The minimum atomic E-state index is 0.188. The molecule has 1 atom stereocenters. The van der Waals surface area contributed by atoms with Crippen molar-refractivity contribution < 1.29 is 9.32 Å². The highest BCUT2D eigenvalue weighted by atomic mass is 16.5. The number of carbonyl (C=O) groups is 1. The van der Waals surface area contributed by atoms with Crippen molar-refractivity contribution in [2.24, 2.45) is 7.05 Å². The maximum atomic E-state index is 12.4. The van der Waals surface area contributed by atoms with Crippen molar-refractivity contribution in [2.75, 3.05) is 13.1 Å². The van der Waals surface area contributed by atoms with E-state index in [0.717, 1.165) is 38.2 Å². The predicted octanol–water partition coefficient (Wildman–Crippen LogP) is 1.24. The summed E-state index contributed by atoms with van der Waals surface area (Å²) in [5.74, 6) is 2.66. The van der Waals surface area contributed by atoms with E-state index in [9.17, 15) is 4.79 Å². The van der Waals surface area contributed by atoms with Gasteiger partial charge < -0.3 is 14.0 Å². The Hall–Kier alpha value is -2.25. The molecule has 1 saturated heterocycles. The molecule has 3 heterocycles. The zero-order chi connectivity index (χ0) is 16.2. The summed E-state index contributed by atoms with van der Waals surface area (Å²) in [7, 11) is 1.95. The summed E-state index contributed by atoms with van der Waals surface area (Å²) in [4.78, 5) is 18.5. The number of amides is 1. The highest BCUT2D eigenvalue weighted by Gasteiger charge is 2.27. The first-order valence-electron chi connectivity index (χ1n) is 8.04. The van der Waals surface area contributed by atoms with Gasteiger partial charge in [0.1, 0.15) is 12.2 Å². The molecule has 1 aliphatic rings. The molecule has 8 nitrogen and oxygen atoms in total. The molecule has 0 saturated carbocycles. The van der Waals surface area contributed by atoms with Crippen LogP contribution in [0.15, 0.2) is 10.9 Å². The Kier molecular flexibility index (Phi) is 4.68. The topological polar surface area (TPSA) is 89.9 Å². The van der Waals surface area contributed by atoms with E-state index in [1.54, 1.807) is 13.3 Å². The van der Waals surface area contributed by atoms with Crippen LogP contribution in [0.5, 0.6) is 0 Å². The lowest BCUT2D eigenvalue weighted by Gasteiger charge is -2.32. The van der Waals surface area contributed by atoms with Gasteiger partial charge in [-0.25, -0.2) is 0 Å². The van der Waals surface area contributed by atoms with Gasteiger partial charge in [0, 0.05) is 38.9 Å². The van der Waals surface area contributed by atoms with Gasteiger partial charge in [0.15, 0.2) is 5.82 Å². The maximum absolute atomic E-state index is 12.4. The normalized spacial score (nSPS) is 18.3. The fraction of sp³-hybridized carbons (Fsp3) is 0.667. The van der Waals surface area contributed by atoms with Gasteiger partial charge >= 0.3 is 0 Å². The molecular weight excluding hydrogens is 296 g/mol. The van der Waals surface area contributed by atoms with Crippen LogP contribution in [0.25, 0.3) is 0 Å². The molecule has 23 heavy (non-hydrogen) atoms. The van der Waals surface area contributed by atoms with E-state index < -0.39 is 0 Å². The van der Waals surface area contributed by atoms with E-state index in [-0.39, 0.29) is 11.8 Å². The van der Waals surface area contributed by atoms with Gasteiger partial charge in [0.2, 0.25) is 11.8 Å². The zero-order valence-corrected chi connectivity index (χ0v) is 13.6. The van der Waals surface area contributed by atoms with E-state index in [1.165, 1.54) is 0 Å². The largest absolute Gasteiger partial charge is 0.342 e. The van der Waals surface area contributed by atoms with Gasteiger partial charge in [-0.15, -0.1) is 10.2 Å². The van der Waals surface area contributed by atoms with Crippen molar-refractivity contribution in [2.45, 2.75) is 44.9 Å². The van der Waals surface area contributed by atoms with E-state index in [1.807, 2.05) is 16.5 Å². The lowest BCUT2D eigenvalue weighted by atomic mass is 9.96. The lowest BCUT2D eigenvalue weighted by molar-refractivity contribution is -0.132. The number of rotatable bonds is 5. The minimum absolute atomic E-state index is 0.188. The predicted molar refractivity (Wildman–Crippen MR) is 81.5 cm³/mol. The average Bonchev–Trinajstić information content (AvgIpc) is 3.16. The third kappa shape index (κ3) is 3.75. The third-order valence-electron chi connectivity index (χ3n) is 4.24. The Morgan fingerprint density at radius 2 is 2.35 bits per heavy atom. The molecule has 3 rings (SSSR count). The number of hydrogen-bond acceptors (Lipinski definition) is 6. The summed E-state index contributed by atoms with van der Waals surface area (Å²) < 4.78 is 7.01. The standard InChI is InChI=1S/C15H22N6O2/c1-11-17-13(23-19-11)6-3-7-14(22)21-8-4-5-12(9-21)15-18-16-10-20(15)2/h10,12H,3-9H2,1-2H3/t12-/m1/s1.